The molecular weight excluding hydrogens is 202 g/mol. The number of nitrogens with one attached hydrogen (secondary N) is 2. The smallest absolute Gasteiger partial charge is 0.317 e. The monoisotopic (exact) mass is 223 g/mol. The molecule has 0 radical (unpaired) electrons. The van der Waals surface area contributed by atoms with Crippen LogP contribution in [-0.4, -0.2) is 42.6 Å². The van der Waals surface area contributed by atoms with Gasteiger partial charge in [-0.2, -0.15) is 0 Å². The van der Waals surface area contributed by atoms with Crippen LogP contribution in [0.5, 0.6) is 0 Å². The van der Waals surface area contributed by atoms with Crippen molar-refractivity contribution in [3.8, 4) is 0 Å². The first-order chi connectivity index (χ1) is 7.84. The molecule has 2 unspecified atom stereocenters. The van der Waals surface area contributed by atoms with Crippen LogP contribution >= 0.6 is 0 Å². The number of hydrogen-bond acceptors (Lipinski definition) is 2. The fraction of sp³-hybridized carbons (Fsp3) is 0.917. The quantitative estimate of drug-likeness (QED) is 0.694. The zero-order valence-corrected chi connectivity index (χ0v) is 9.74. The molecule has 2 amide bonds. The molecular formula is C12H21N3O. The molecule has 0 aromatic carbocycles. The molecule has 2 aliphatic heterocycles. The molecule has 3 aliphatic rings. The van der Waals surface area contributed by atoms with Crippen LogP contribution in [-0.2, 0) is 0 Å². The van der Waals surface area contributed by atoms with E-state index in [0.717, 1.165) is 19.6 Å². The van der Waals surface area contributed by atoms with E-state index in [1.54, 1.807) is 0 Å². The van der Waals surface area contributed by atoms with Crippen molar-refractivity contribution in [2.75, 3.05) is 19.6 Å². The van der Waals surface area contributed by atoms with E-state index in [1.165, 1.54) is 32.1 Å². The standard InChI is InChI=1S/C12H21N3O/c16-12(14-10-4-1-5-10)15-6-2-3-9-7-13-8-11(9)15/h9-11,13H,1-8H2,(H,14,16). The predicted molar refractivity (Wildman–Crippen MR) is 62.3 cm³/mol. The number of piperidine rings is 1. The highest BCUT2D eigenvalue weighted by Gasteiger charge is 2.38. The van der Waals surface area contributed by atoms with Crippen molar-refractivity contribution in [2.24, 2.45) is 5.92 Å². The molecule has 4 heteroatoms. The maximum absolute atomic E-state index is 12.1. The first-order valence-electron chi connectivity index (χ1n) is 6.62. The lowest BCUT2D eigenvalue weighted by Gasteiger charge is -2.39. The number of hydrogen-bond donors (Lipinski definition) is 2. The Morgan fingerprint density at radius 2 is 2.06 bits per heavy atom. The number of nitrogens with zero attached hydrogens (tertiary/aromatic N) is 1. The zero-order valence-electron chi connectivity index (χ0n) is 9.74. The van der Waals surface area contributed by atoms with Gasteiger partial charge in [0.25, 0.3) is 0 Å². The average molecular weight is 223 g/mol. The van der Waals surface area contributed by atoms with Crippen molar-refractivity contribution in [1.29, 1.82) is 0 Å². The van der Waals surface area contributed by atoms with Gasteiger partial charge in [-0.25, -0.2) is 4.79 Å². The van der Waals surface area contributed by atoms with Gasteiger partial charge in [0.1, 0.15) is 0 Å². The molecule has 1 saturated carbocycles. The molecule has 3 fully saturated rings. The Morgan fingerprint density at radius 3 is 2.81 bits per heavy atom. The number of likely N-dealkylation sites (tertiary alicyclic amines) is 1. The molecule has 0 bridgehead atoms. The molecule has 0 aromatic heterocycles. The second kappa shape index (κ2) is 4.24. The Morgan fingerprint density at radius 1 is 1.19 bits per heavy atom. The van der Waals surface area contributed by atoms with E-state index < -0.39 is 0 Å². The lowest BCUT2D eigenvalue weighted by molar-refractivity contribution is 0.130. The lowest BCUT2D eigenvalue weighted by atomic mass is 9.91. The van der Waals surface area contributed by atoms with Gasteiger partial charge in [0, 0.05) is 31.7 Å². The number of rotatable bonds is 1. The molecule has 2 heterocycles. The third kappa shape index (κ3) is 1.79. The highest BCUT2D eigenvalue weighted by molar-refractivity contribution is 5.75. The van der Waals surface area contributed by atoms with Gasteiger partial charge in [0.15, 0.2) is 0 Å². The van der Waals surface area contributed by atoms with Crippen LogP contribution in [0.4, 0.5) is 4.79 Å². The Kier molecular flexibility index (Phi) is 2.75. The van der Waals surface area contributed by atoms with Crippen LogP contribution in [0.1, 0.15) is 32.1 Å². The van der Waals surface area contributed by atoms with E-state index in [1.807, 2.05) is 0 Å². The number of carbonyl (C=O) groups excluding carboxylic acids is 1. The van der Waals surface area contributed by atoms with E-state index in [2.05, 4.69) is 15.5 Å². The van der Waals surface area contributed by atoms with Crippen molar-refractivity contribution in [2.45, 2.75) is 44.2 Å². The summed E-state index contributed by atoms with van der Waals surface area (Å²) in [5.41, 5.74) is 0. The normalized spacial score (nSPS) is 34.4. The number of carbonyl (C=O) groups is 1. The minimum absolute atomic E-state index is 0.183. The fourth-order valence-electron chi connectivity index (χ4n) is 3.13. The summed E-state index contributed by atoms with van der Waals surface area (Å²) in [6.45, 7) is 3.03. The first kappa shape index (κ1) is 10.4. The van der Waals surface area contributed by atoms with Gasteiger partial charge in [-0.15, -0.1) is 0 Å². The topological polar surface area (TPSA) is 44.4 Å². The highest BCUT2D eigenvalue weighted by Crippen LogP contribution is 2.27. The number of fused-ring (bicyclic) bond motifs is 1. The molecule has 2 saturated heterocycles. The van der Waals surface area contributed by atoms with E-state index in [9.17, 15) is 4.79 Å². The van der Waals surface area contributed by atoms with Gasteiger partial charge in [0.2, 0.25) is 0 Å². The molecule has 90 valence electrons. The van der Waals surface area contributed by atoms with Crippen molar-refractivity contribution in [1.82, 2.24) is 15.5 Å². The third-order valence-electron chi connectivity index (χ3n) is 4.37. The zero-order chi connectivity index (χ0) is 11.0. The molecule has 2 N–H and O–H groups in total. The summed E-state index contributed by atoms with van der Waals surface area (Å²) in [5.74, 6) is 0.695. The average Bonchev–Trinajstić information content (AvgIpc) is 2.70. The summed E-state index contributed by atoms with van der Waals surface area (Å²) in [4.78, 5) is 14.2. The fourth-order valence-corrected chi connectivity index (χ4v) is 3.13. The molecule has 16 heavy (non-hydrogen) atoms. The van der Waals surface area contributed by atoms with Crippen LogP contribution in [0, 0.1) is 5.92 Å². The second-order valence-corrected chi connectivity index (χ2v) is 5.40. The summed E-state index contributed by atoms with van der Waals surface area (Å²) in [6, 6.07) is 1.10. The molecule has 0 spiro atoms. The van der Waals surface area contributed by atoms with Gasteiger partial charge in [-0.1, -0.05) is 0 Å². The Labute approximate surface area is 96.8 Å². The van der Waals surface area contributed by atoms with Crippen molar-refractivity contribution < 1.29 is 4.79 Å². The van der Waals surface area contributed by atoms with Crippen LogP contribution in [0.3, 0.4) is 0 Å². The largest absolute Gasteiger partial charge is 0.335 e. The predicted octanol–water partition coefficient (Wildman–Crippen LogP) is 0.932. The minimum Gasteiger partial charge on any atom is -0.335 e. The van der Waals surface area contributed by atoms with Gasteiger partial charge in [-0.3, -0.25) is 0 Å². The third-order valence-corrected chi connectivity index (χ3v) is 4.37. The molecule has 4 nitrogen and oxygen atoms in total. The van der Waals surface area contributed by atoms with Crippen molar-refractivity contribution in [3.63, 3.8) is 0 Å². The molecule has 3 rings (SSSR count). The van der Waals surface area contributed by atoms with E-state index in [4.69, 9.17) is 0 Å². The highest BCUT2D eigenvalue weighted by atomic mass is 16.2. The summed E-state index contributed by atoms with van der Waals surface area (Å²) in [7, 11) is 0. The van der Waals surface area contributed by atoms with Gasteiger partial charge in [0.05, 0.1) is 0 Å². The maximum atomic E-state index is 12.1. The molecule has 1 aliphatic carbocycles. The van der Waals surface area contributed by atoms with Crippen LogP contribution in [0.2, 0.25) is 0 Å². The maximum Gasteiger partial charge on any atom is 0.317 e. The van der Waals surface area contributed by atoms with Crippen molar-refractivity contribution >= 4 is 6.03 Å². The van der Waals surface area contributed by atoms with Crippen LogP contribution in [0.25, 0.3) is 0 Å². The number of urea groups is 1. The lowest BCUT2D eigenvalue weighted by Crippen LogP contribution is -2.55. The van der Waals surface area contributed by atoms with E-state index >= 15 is 0 Å². The Hall–Kier alpha value is -0.770. The van der Waals surface area contributed by atoms with E-state index in [0.29, 0.717) is 18.0 Å². The van der Waals surface area contributed by atoms with E-state index in [-0.39, 0.29) is 6.03 Å². The Balaban J connectivity index is 1.61. The van der Waals surface area contributed by atoms with Crippen molar-refractivity contribution in [3.05, 3.63) is 0 Å². The van der Waals surface area contributed by atoms with Crippen LogP contribution in [0.15, 0.2) is 0 Å². The molecule has 2 atom stereocenters. The Bertz CT molecular complexity index is 277. The van der Waals surface area contributed by atoms with Gasteiger partial charge >= 0.3 is 6.03 Å². The van der Waals surface area contributed by atoms with Gasteiger partial charge < -0.3 is 15.5 Å². The second-order valence-electron chi connectivity index (χ2n) is 5.40. The summed E-state index contributed by atoms with van der Waals surface area (Å²) >= 11 is 0. The SMILES string of the molecule is O=C(NC1CCC1)N1CCCC2CNCC21. The number of amides is 2. The van der Waals surface area contributed by atoms with Gasteiger partial charge in [-0.05, 0) is 38.0 Å². The van der Waals surface area contributed by atoms with Crippen LogP contribution < -0.4 is 10.6 Å². The summed E-state index contributed by atoms with van der Waals surface area (Å²) in [6.07, 6.45) is 6.07. The summed E-state index contributed by atoms with van der Waals surface area (Å²) in [5, 5.41) is 6.57. The summed E-state index contributed by atoms with van der Waals surface area (Å²) < 4.78 is 0. The minimum atomic E-state index is 0.183. The molecule has 0 aromatic rings. The first-order valence-corrected chi connectivity index (χ1v) is 6.62.